The molecule has 0 bridgehead atoms. The number of hydrogen-bond donors (Lipinski definition) is 1. The van der Waals surface area contributed by atoms with Crippen molar-refractivity contribution >= 4 is 11.8 Å². The van der Waals surface area contributed by atoms with E-state index in [0.29, 0.717) is 12.0 Å². The zero-order chi connectivity index (χ0) is 14.5. The zero-order valence-corrected chi connectivity index (χ0v) is 12.2. The highest BCUT2D eigenvalue weighted by atomic mass is 16.2. The molecule has 0 spiro atoms. The van der Waals surface area contributed by atoms with E-state index < -0.39 is 0 Å². The number of benzene rings is 1. The van der Waals surface area contributed by atoms with Gasteiger partial charge in [0.05, 0.1) is 0 Å². The maximum absolute atomic E-state index is 12.1. The zero-order valence-electron chi connectivity index (χ0n) is 12.2. The van der Waals surface area contributed by atoms with Crippen LogP contribution >= 0.6 is 0 Å². The summed E-state index contributed by atoms with van der Waals surface area (Å²) in [5.41, 5.74) is 1.79. The smallest absolute Gasteiger partial charge is 0.251 e. The lowest BCUT2D eigenvalue weighted by Gasteiger charge is -2.32. The Balaban J connectivity index is 1.86. The van der Waals surface area contributed by atoms with Gasteiger partial charge in [-0.2, -0.15) is 0 Å². The van der Waals surface area contributed by atoms with Crippen LogP contribution in [0, 0.1) is 6.92 Å². The summed E-state index contributed by atoms with van der Waals surface area (Å²) in [6.45, 7) is 5.34. The molecule has 0 atom stereocenters. The van der Waals surface area contributed by atoms with E-state index in [4.69, 9.17) is 0 Å². The fourth-order valence-electron chi connectivity index (χ4n) is 2.55. The van der Waals surface area contributed by atoms with Gasteiger partial charge in [-0.3, -0.25) is 9.59 Å². The molecule has 1 N–H and O–H groups in total. The Morgan fingerprint density at radius 1 is 1.30 bits per heavy atom. The molecule has 0 unspecified atom stereocenters. The van der Waals surface area contributed by atoms with Crippen LogP contribution in [0.4, 0.5) is 0 Å². The summed E-state index contributed by atoms with van der Waals surface area (Å²) in [7, 11) is 0. The number of piperidine rings is 1. The first-order valence-electron chi connectivity index (χ1n) is 7.25. The van der Waals surface area contributed by atoms with Crippen LogP contribution in [0.1, 0.15) is 42.1 Å². The van der Waals surface area contributed by atoms with Gasteiger partial charge in [0.1, 0.15) is 0 Å². The number of amides is 2. The van der Waals surface area contributed by atoms with Gasteiger partial charge in [0.2, 0.25) is 5.91 Å². The van der Waals surface area contributed by atoms with Gasteiger partial charge < -0.3 is 10.2 Å². The first-order chi connectivity index (χ1) is 9.60. The second-order valence-electron chi connectivity index (χ2n) is 5.35. The van der Waals surface area contributed by atoms with Crippen molar-refractivity contribution in [3.63, 3.8) is 0 Å². The van der Waals surface area contributed by atoms with E-state index >= 15 is 0 Å². The lowest BCUT2D eigenvalue weighted by molar-refractivity contribution is -0.131. The highest BCUT2D eigenvalue weighted by Crippen LogP contribution is 2.12. The molecule has 1 saturated heterocycles. The van der Waals surface area contributed by atoms with Crippen molar-refractivity contribution in [1.29, 1.82) is 0 Å². The van der Waals surface area contributed by atoms with Crippen molar-refractivity contribution in [3.05, 3.63) is 35.4 Å². The molecule has 1 aliphatic rings. The SMILES string of the molecule is CCC(=O)N1CCC(NC(=O)c2cccc(C)c2)CC1. The molecule has 0 aromatic heterocycles. The molecule has 0 saturated carbocycles. The minimum atomic E-state index is -0.0195. The normalized spacial score (nSPS) is 16.0. The van der Waals surface area contributed by atoms with Crippen LogP contribution in [0.15, 0.2) is 24.3 Å². The number of hydrogen-bond acceptors (Lipinski definition) is 2. The lowest BCUT2D eigenvalue weighted by Crippen LogP contribution is -2.46. The average molecular weight is 274 g/mol. The Morgan fingerprint density at radius 3 is 2.60 bits per heavy atom. The van der Waals surface area contributed by atoms with Gasteiger partial charge in [-0.05, 0) is 31.9 Å². The topological polar surface area (TPSA) is 49.4 Å². The number of nitrogens with zero attached hydrogens (tertiary/aromatic N) is 1. The molecular weight excluding hydrogens is 252 g/mol. The van der Waals surface area contributed by atoms with Crippen molar-refractivity contribution in [2.75, 3.05) is 13.1 Å². The number of rotatable bonds is 3. The fraction of sp³-hybridized carbons (Fsp3) is 0.500. The third kappa shape index (κ3) is 3.59. The van der Waals surface area contributed by atoms with Gasteiger partial charge >= 0.3 is 0 Å². The van der Waals surface area contributed by atoms with E-state index in [2.05, 4.69) is 5.32 Å². The molecule has 4 heteroatoms. The van der Waals surface area contributed by atoms with Crippen LogP contribution in [-0.4, -0.2) is 35.8 Å². The Labute approximate surface area is 120 Å². The van der Waals surface area contributed by atoms with Crippen LogP contribution < -0.4 is 5.32 Å². The minimum Gasteiger partial charge on any atom is -0.349 e. The lowest BCUT2D eigenvalue weighted by atomic mass is 10.0. The molecule has 20 heavy (non-hydrogen) atoms. The molecule has 0 aliphatic carbocycles. The average Bonchev–Trinajstić information content (AvgIpc) is 2.47. The van der Waals surface area contributed by atoms with Gasteiger partial charge in [-0.25, -0.2) is 0 Å². The molecule has 1 heterocycles. The summed E-state index contributed by atoms with van der Waals surface area (Å²) >= 11 is 0. The molecule has 0 radical (unpaired) electrons. The van der Waals surface area contributed by atoms with E-state index in [9.17, 15) is 9.59 Å². The summed E-state index contributed by atoms with van der Waals surface area (Å²) in [6, 6.07) is 7.77. The van der Waals surface area contributed by atoms with Crippen molar-refractivity contribution in [2.45, 2.75) is 39.2 Å². The Morgan fingerprint density at radius 2 is 2.00 bits per heavy atom. The largest absolute Gasteiger partial charge is 0.349 e. The predicted octanol–water partition coefficient (Wildman–Crippen LogP) is 2.13. The summed E-state index contributed by atoms with van der Waals surface area (Å²) in [6.07, 6.45) is 2.23. The summed E-state index contributed by atoms with van der Waals surface area (Å²) in [5.74, 6) is 0.183. The van der Waals surface area contributed by atoms with Crippen molar-refractivity contribution in [3.8, 4) is 0 Å². The Hall–Kier alpha value is -1.84. The van der Waals surface area contributed by atoms with Crippen molar-refractivity contribution < 1.29 is 9.59 Å². The number of aryl methyl sites for hydroxylation is 1. The van der Waals surface area contributed by atoms with Gasteiger partial charge in [0.15, 0.2) is 0 Å². The number of nitrogens with one attached hydrogen (secondary N) is 1. The van der Waals surface area contributed by atoms with E-state index in [-0.39, 0.29) is 17.9 Å². The molecular formula is C16H22N2O2. The molecule has 108 valence electrons. The summed E-state index contributed by atoms with van der Waals surface area (Å²) < 4.78 is 0. The van der Waals surface area contributed by atoms with E-state index in [1.165, 1.54) is 0 Å². The van der Waals surface area contributed by atoms with Gasteiger partial charge in [-0.15, -0.1) is 0 Å². The standard InChI is InChI=1S/C16H22N2O2/c1-3-15(19)18-9-7-14(8-10-18)17-16(20)13-6-4-5-12(2)11-13/h4-6,11,14H,3,7-10H2,1-2H3,(H,17,20). The van der Waals surface area contributed by atoms with Gasteiger partial charge in [0.25, 0.3) is 5.91 Å². The summed E-state index contributed by atoms with van der Waals surface area (Å²) in [4.78, 5) is 25.6. The van der Waals surface area contributed by atoms with E-state index in [1.54, 1.807) is 0 Å². The van der Waals surface area contributed by atoms with Crippen LogP contribution in [0.25, 0.3) is 0 Å². The molecule has 2 amide bonds. The minimum absolute atomic E-state index is 0.0195. The second kappa shape index (κ2) is 6.55. The Bertz CT molecular complexity index is 491. The fourth-order valence-corrected chi connectivity index (χ4v) is 2.55. The first kappa shape index (κ1) is 14.6. The van der Waals surface area contributed by atoms with E-state index in [0.717, 1.165) is 31.5 Å². The molecule has 2 rings (SSSR count). The maximum Gasteiger partial charge on any atom is 0.251 e. The van der Waals surface area contributed by atoms with Crippen molar-refractivity contribution in [1.82, 2.24) is 10.2 Å². The monoisotopic (exact) mass is 274 g/mol. The third-order valence-corrected chi connectivity index (χ3v) is 3.77. The van der Waals surface area contributed by atoms with Gasteiger partial charge in [-0.1, -0.05) is 24.6 Å². The molecule has 1 aromatic rings. The third-order valence-electron chi connectivity index (χ3n) is 3.77. The number of likely N-dealkylation sites (tertiary alicyclic amines) is 1. The van der Waals surface area contributed by atoms with Crippen LogP contribution in [-0.2, 0) is 4.79 Å². The van der Waals surface area contributed by atoms with Crippen LogP contribution in [0.3, 0.4) is 0 Å². The van der Waals surface area contributed by atoms with Crippen LogP contribution in [0.5, 0.6) is 0 Å². The number of carbonyl (C=O) groups excluding carboxylic acids is 2. The molecule has 4 nitrogen and oxygen atoms in total. The van der Waals surface area contributed by atoms with Crippen LogP contribution in [0.2, 0.25) is 0 Å². The molecule has 1 aliphatic heterocycles. The molecule has 1 aromatic carbocycles. The maximum atomic E-state index is 12.1. The second-order valence-corrected chi connectivity index (χ2v) is 5.35. The first-order valence-corrected chi connectivity index (χ1v) is 7.25. The highest BCUT2D eigenvalue weighted by Gasteiger charge is 2.23. The number of carbonyl (C=O) groups is 2. The molecule has 1 fully saturated rings. The van der Waals surface area contributed by atoms with E-state index in [1.807, 2.05) is 43.0 Å². The quantitative estimate of drug-likeness (QED) is 0.918. The summed E-state index contributed by atoms with van der Waals surface area (Å²) in [5, 5.41) is 3.06. The Kier molecular flexibility index (Phi) is 4.77. The van der Waals surface area contributed by atoms with Crippen molar-refractivity contribution in [2.24, 2.45) is 0 Å². The van der Waals surface area contributed by atoms with Gasteiger partial charge in [0, 0.05) is 31.1 Å². The predicted molar refractivity (Wildman–Crippen MR) is 78.5 cm³/mol. The highest BCUT2D eigenvalue weighted by molar-refractivity contribution is 5.94.